The van der Waals surface area contributed by atoms with Crippen LogP contribution < -0.4 is 5.32 Å². The zero-order valence-corrected chi connectivity index (χ0v) is 12.9. The molecule has 1 aromatic carbocycles. The van der Waals surface area contributed by atoms with Crippen molar-refractivity contribution in [3.8, 4) is 0 Å². The van der Waals surface area contributed by atoms with Crippen molar-refractivity contribution in [1.82, 2.24) is 9.78 Å². The summed E-state index contributed by atoms with van der Waals surface area (Å²) in [7, 11) is 0. The van der Waals surface area contributed by atoms with Gasteiger partial charge in [-0.15, -0.1) is 0 Å². The second-order valence-corrected chi connectivity index (χ2v) is 5.94. The molecule has 21 heavy (non-hydrogen) atoms. The molecule has 1 fully saturated rings. The van der Waals surface area contributed by atoms with Gasteiger partial charge in [0.2, 0.25) is 0 Å². The van der Waals surface area contributed by atoms with E-state index in [1.54, 1.807) is 30.5 Å². The van der Waals surface area contributed by atoms with E-state index in [0.29, 0.717) is 22.4 Å². The molecule has 110 valence electrons. The lowest BCUT2D eigenvalue weighted by molar-refractivity contribution is 0.102. The molecule has 0 radical (unpaired) electrons. The summed E-state index contributed by atoms with van der Waals surface area (Å²) in [5.74, 6) is 0.421. The number of rotatable bonds is 3. The molecule has 0 atom stereocenters. The highest BCUT2D eigenvalue weighted by molar-refractivity contribution is 6.44. The maximum atomic E-state index is 12.4. The predicted molar refractivity (Wildman–Crippen MR) is 84.1 cm³/mol. The summed E-state index contributed by atoms with van der Waals surface area (Å²) in [6.07, 6.45) is 6.31. The van der Waals surface area contributed by atoms with Crippen LogP contribution in [0.4, 0.5) is 5.82 Å². The zero-order chi connectivity index (χ0) is 14.8. The first-order chi connectivity index (χ1) is 10.2. The van der Waals surface area contributed by atoms with Gasteiger partial charge < -0.3 is 5.32 Å². The Kier molecular flexibility index (Phi) is 4.17. The van der Waals surface area contributed by atoms with Gasteiger partial charge in [0.15, 0.2) is 0 Å². The molecular weight excluding hydrogens is 309 g/mol. The van der Waals surface area contributed by atoms with Gasteiger partial charge in [0.1, 0.15) is 5.82 Å². The minimum Gasteiger partial charge on any atom is -0.307 e. The van der Waals surface area contributed by atoms with E-state index in [0.717, 1.165) is 12.8 Å². The lowest BCUT2D eigenvalue weighted by Gasteiger charge is -2.15. The van der Waals surface area contributed by atoms with Gasteiger partial charge in [0.25, 0.3) is 5.91 Å². The van der Waals surface area contributed by atoms with Gasteiger partial charge in [0, 0.05) is 6.07 Å². The van der Waals surface area contributed by atoms with Crippen LogP contribution in [0, 0.1) is 0 Å². The zero-order valence-electron chi connectivity index (χ0n) is 11.4. The maximum absolute atomic E-state index is 12.4. The van der Waals surface area contributed by atoms with Crippen LogP contribution in [0.2, 0.25) is 10.0 Å². The van der Waals surface area contributed by atoms with E-state index < -0.39 is 0 Å². The SMILES string of the molecule is O=C(Nc1ccnn1C1CCCC1)c1cccc(Cl)c1Cl. The number of benzene rings is 1. The third kappa shape index (κ3) is 2.92. The van der Waals surface area contributed by atoms with Gasteiger partial charge in [-0.3, -0.25) is 4.79 Å². The van der Waals surface area contributed by atoms with Crippen LogP contribution in [-0.4, -0.2) is 15.7 Å². The molecule has 1 amide bonds. The number of carbonyl (C=O) groups is 1. The number of nitrogens with one attached hydrogen (secondary N) is 1. The average molecular weight is 324 g/mol. The summed E-state index contributed by atoms with van der Waals surface area (Å²) in [5.41, 5.74) is 0.364. The van der Waals surface area contributed by atoms with Crippen LogP contribution in [0.1, 0.15) is 42.1 Å². The molecule has 1 N–H and O–H groups in total. The van der Waals surface area contributed by atoms with Crippen molar-refractivity contribution in [3.05, 3.63) is 46.1 Å². The Balaban J connectivity index is 1.82. The van der Waals surface area contributed by atoms with Crippen LogP contribution in [0.25, 0.3) is 0 Å². The molecule has 1 aliphatic carbocycles. The molecule has 6 heteroatoms. The topological polar surface area (TPSA) is 46.9 Å². The third-order valence-electron chi connectivity index (χ3n) is 3.78. The molecule has 0 saturated heterocycles. The van der Waals surface area contributed by atoms with Gasteiger partial charge in [-0.2, -0.15) is 5.10 Å². The van der Waals surface area contributed by atoms with Crippen molar-refractivity contribution in [2.75, 3.05) is 5.32 Å². The predicted octanol–water partition coefficient (Wildman–Crippen LogP) is 4.56. The van der Waals surface area contributed by atoms with Crippen molar-refractivity contribution < 1.29 is 4.79 Å². The summed E-state index contributed by atoms with van der Waals surface area (Å²) < 4.78 is 1.89. The van der Waals surface area contributed by atoms with Gasteiger partial charge >= 0.3 is 0 Å². The Hall–Kier alpha value is -1.52. The standard InChI is InChI=1S/C15H15Cl2N3O/c16-12-7-3-6-11(14(12)17)15(21)19-13-8-9-18-20(13)10-4-1-2-5-10/h3,6-10H,1-2,4-5H2,(H,19,21). The first-order valence-corrected chi connectivity index (χ1v) is 7.71. The van der Waals surface area contributed by atoms with Crippen molar-refractivity contribution in [1.29, 1.82) is 0 Å². The Labute approximate surface area is 133 Å². The number of hydrogen-bond donors (Lipinski definition) is 1. The number of nitrogens with zero attached hydrogens (tertiary/aromatic N) is 2. The monoisotopic (exact) mass is 323 g/mol. The quantitative estimate of drug-likeness (QED) is 0.900. The highest BCUT2D eigenvalue weighted by Crippen LogP contribution is 2.32. The molecule has 1 aliphatic rings. The maximum Gasteiger partial charge on any atom is 0.258 e. The summed E-state index contributed by atoms with van der Waals surface area (Å²) >= 11 is 12.0. The second kappa shape index (κ2) is 6.08. The second-order valence-electron chi connectivity index (χ2n) is 5.15. The van der Waals surface area contributed by atoms with E-state index in [1.807, 2.05) is 4.68 Å². The first kappa shape index (κ1) is 14.4. The van der Waals surface area contributed by atoms with E-state index in [-0.39, 0.29) is 10.9 Å². The van der Waals surface area contributed by atoms with Crippen molar-refractivity contribution >= 4 is 34.9 Å². The molecule has 0 bridgehead atoms. The summed E-state index contributed by atoms with van der Waals surface area (Å²) in [6, 6.07) is 7.18. The van der Waals surface area contributed by atoms with Crippen LogP contribution in [-0.2, 0) is 0 Å². The van der Waals surface area contributed by atoms with Gasteiger partial charge in [0.05, 0.1) is 27.8 Å². The van der Waals surface area contributed by atoms with Crippen molar-refractivity contribution in [3.63, 3.8) is 0 Å². The normalized spacial score (nSPS) is 15.3. The molecule has 0 unspecified atom stereocenters. The lowest BCUT2D eigenvalue weighted by Crippen LogP contribution is -2.18. The lowest BCUT2D eigenvalue weighted by atomic mass is 10.2. The van der Waals surface area contributed by atoms with Gasteiger partial charge in [-0.05, 0) is 25.0 Å². The summed E-state index contributed by atoms with van der Waals surface area (Å²) in [6.45, 7) is 0. The van der Waals surface area contributed by atoms with Crippen LogP contribution in [0.3, 0.4) is 0 Å². The Bertz CT molecular complexity index is 663. The number of hydrogen-bond acceptors (Lipinski definition) is 2. The molecule has 2 aromatic rings. The third-order valence-corrected chi connectivity index (χ3v) is 4.60. The fourth-order valence-electron chi connectivity index (χ4n) is 2.72. The van der Waals surface area contributed by atoms with E-state index in [2.05, 4.69) is 10.4 Å². The molecule has 1 saturated carbocycles. The molecule has 4 nitrogen and oxygen atoms in total. The van der Waals surface area contributed by atoms with Crippen molar-refractivity contribution in [2.45, 2.75) is 31.7 Å². The minimum atomic E-state index is -0.276. The van der Waals surface area contributed by atoms with E-state index in [4.69, 9.17) is 23.2 Å². The van der Waals surface area contributed by atoms with Gasteiger partial charge in [-0.1, -0.05) is 42.1 Å². The fourth-order valence-corrected chi connectivity index (χ4v) is 3.10. The van der Waals surface area contributed by atoms with Gasteiger partial charge in [-0.25, -0.2) is 4.68 Å². The minimum absolute atomic E-state index is 0.267. The Morgan fingerprint density at radius 2 is 2.00 bits per heavy atom. The Morgan fingerprint density at radius 3 is 2.76 bits per heavy atom. The number of carbonyl (C=O) groups excluding carboxylic acids is 1. The highest BCUT2D eigenvalue weighted by Gasteiger charge is 2.21. The summed E-state index contributed by atoms with van der Waals surface area (Å²) in [5, 5.41) is 7.83. The first-order valence-electron chi connectivity index (χ1n) is 6.95. The number of aromatic nitrogens is 2. The molecular formula is C15H15Cl2N3O. The summed E-state index contributed by atoms with van der Waals surface area (Å²) in [4.78, 5) is 12.4. The van der Waals surface area contributed by atoms with Crippen LogP contribution in [0.15, 0.2) is 30.5 Å². The highest BCUT2D eigenvalue weighted by atomic mass is 35.5. The van der Waals surface area contributed by atoms with E-state index in [9.17, 15) is 4.79 Å². The van der Waals surface area contributed by atoms with E-state index in [1.165, 1.54) is 12.8 Å². The number of amides is 1. The van der Waals surface area contributed by atoms with Crippen molar-refractivity contribution in [2.24, 2.45) is 0 Å². The Morgan fingerprint density at radius 1 is 1.24 bits per heavy atom. The van der Waals surface area contributed by atoms with Crippen LogP contribution >= 0.6 is 23.2 Å². The van der Waals surface area contributed by atoms with E-state index >= 15 is 0 Å². The molecule has 1 aromatic heterocycles. The number of anilines is 1. The largest absolute Gasteiger partial charge is 0.307 e. The molecule has 1 heterocycles. The fraction of sp³-hybridized carbons (Fsp3) is 0.333. The molecule has 3 rings (SSSR count). The average Bonchev–Trinajstić information content (AvgIpc) is 3.12. The molecule has 0 aliphatic heterocycles. The smallest absolute Gasteiger partial charge is 0.258 e. The van der Waals surface area contributed by atoms with Crippen LogP contribution in [0.5, 0.6) is 0 Å². The molecule has 0 spiro atoms. The number of halogens is 2.